The lowest BCUT2D eigenvalue weighted by Gasteiger charge is -2.28. The standard InChI is InChI=1S/C19H12O4/c20-16-13-8-4-5-9-14(13)17(21)19-11-22-15(10-18(16,19)23-19)12-6-2-1-3-7-12/h1-10H,11H2/t18-,19+/m0/s1. The van der Waals surface area contributed by atoms with E-state index in [2.05, 4.69) is 0 Å². The number of ketones is 2. The number of hydrogen-bond donors (Lipinski definition) is 0. The zero-order valence-electron chi connectivity index (χ0n) is 12.1. The van der Waals surface area contributed by atoms with E-state index in [-0.39, 0.29) is 18.2 Å². The van der Waals surface area contributed by atoms with Gasteiger partial charge in [-0.05, 0) is 0 Å². The van der Waals surface area contributed by atoms with E-state index in [0.717, 1.165) is 5.56 Å². The number of rotatable bonds is 1. The molecule has 1 saturated heterocycles. The minimum absolute atomic E-state index is 0.0621. The fourth-order valence-corrected chi connectivity index (χ4v) is 3.58. The zero-order chi connectivity index (χ0) is 15.7. The molecule has 5 rings (SSSR count). The summed E-state index contributed by atoms with van der Waals surface area (Å²) in [6.07, 6.45) is 1.67. The molecule has 1 fully saturated rings. The topological polar surface area (TPSA) is 55.9 Å². The maximum Gasteiger partial charge on any atom is 0.206 e. The van der Waals surface area contributed by atoms with Crippen LogP contribution in [0.1, 0.15) is 26.3 Å². The van der Waals surface area contributed by atoms with Crippen molar-refractivity contribution in [1.29, 1.82) is 0 Å². The summed E-state index contributed by atoms with van der Waals surface area (Å²) < 4.78 is 11.5. The molecule has 2 aromatic carbocycles. The summed E-state index contributed by atoms with van der Waals surface area (Å²) in [7, 11) is 0. The fourth-order valence-electron chi connectivity index (χ4n) is 3.58. The predicted molar refractivity (Wildman–Crippen MR) is 82.0 cm³/mol. The van der Waals surface area contributed by atoms with Crippen LogP contribution in [0, 0.1) is 0 Å². The molecule has 23 heavy (non-hydrogen) atoms. The van der Waals surface area contributed by atoms with Gasteiger partial charge in [-0.2, -0.15) is 0 Å². The molecule has 2 aliphatic heterocycles. The number of epoxide rings is 1. The van der Waals surface area contributed by atoms with Gasteiger partial charge < -0.3 is 9.47 Å². The Hall–Kier alpha value is -2.72. The van der Waals surface area contributed by atoms with E-state index in [4.69, 9.17) is 9.47 Å². The Labute approximate surface area is 132 Å². The second-order valence-electron chi connectivity index (χ2n) is 6.03. The minimum atomic E-state index is -1.21. The van der Waals surface area contributed by atoms with Crippen LogP contribution in [0.4, 0.5) is 0 Å². The van der Waals surface area contributed by atoms with Crippen molar-refractivity contribution in [3.05, 3.63) is 77.4 Å². The average molecular weight is 304 g/mol. The monoisotopic (exact) mass is 304 g/mol. The Balaban J connectivity index is 1.69. The van der Waals surface area contributed by atoms with Gasteiger partial charge in [0.2, 0.25) is 17.2 Å². The fraction of sp³-hybridized carbons (Fsp3) is 0.158. The van der Waals surface area contributed by atoms with Crippen LogP contribution >= 0.6 is 0 Å². The van der Waals surface area contributed by atoms with Gasteiger partial charge in [0.1, 0.15) is 12.4 Å². The third-order valence-corrected chi connectivity index (χ3v) is 4.84. The number of hydrogen-bond acceptors (Lipinski definition) is 4. The van der Waals surface area contributed by atoms with Gasteiger partial charge in [-0.15, -0.1) is 0 Å². The Morgan fingerprint density at radius 1 is 0.826 bits per heavy atom. The normalized spacial score (nSPS) is 30.5. The lowest BCUT2D eigenvalue weighted by atomic mass is 9.73. The van der Waals surface area contributed by atoms with Crippen LogP contribution in [0.25, 0.3) is 5.76 Å². The Bertz CT molecular complexity index is 899. The molecule has 0 N–H and O–H groups in total. The third kappa shape index (κ3) is 1.39. The molecule has 112 valence electrons. The number of fused-ring (bicyclic) bond motifs is 1. The van der Waals surface area contributed by atoms with Crippen molar-refractivity contribution in [3.63, 3.8) is 0 Å². The van der Waals surface area contributed by atoms with Gasteiger partial charge in [0.05, 0.1) is 0 Å². The molecule has 0 spiro atoms. The largest absolute Gasteiger partial charge is 0.489 e. The molecular formula is C19H12O4. The summed E-state index contributed by atoms with van der Waals surface area (Å²) in [4.78, 5) is 25.8. The molecule has 0 unspecified atom stereocenters. The molecule has 2 heterocycles. The molecule has 0 amide bonds. The first-order valence-electron chi connectivity index (χ1n) is 7.48. The molecule has 0 radical (unpaired) electrons. The summed E-state index contributed by atoms with van der Waals surface area (Å²) in [6.45, 7) is 0.0621. The van der Waals surface area contributed by atoms with Crippen molar-refractivity contribution in [2.45, 2.75) is 11.2 Å². The number of benzene rings is 2. The van der Waals surface area contributed by atoms with E-state index in [0.29, 0.717) is 16.9 Å². The van der Waals surface area contributed by atoms with Crippen molar-refractivity contribution >= 4 is 17.3 Å². The summed E-state index contributed by atoms with van der Waals surface area (Å²) >= 11 is 0. The Morgan fingerprint density at radius 2 is 1.48 bits per heavy atom. The number of ether oxygens (including phenoxy) is 2. The average Bonchev–Trinajstić information content (AvgIpc) is 3.32. The Kier molecular flexibility index (Phi) is 2.21. The first kappa shape index (κ1) is 12.8. The summed E-state index contributed by atoms with van der Waals surface area (Å²) in [5.74, 6) is 0.250. The highest BCUT2D eigenvalue weighted by Gasteiger charge is 2.81. The molecular weight excluding hydrogens is 292 g/mol. The third-order valence-electron chi connectivity index (χ3n) is 4.84. The second-order valence-corrected chi connectivity index (χ2v) is 6.03. The van der Waals surface area contributed by atoms with Crippen LogP contribution in [0.3, 0.4) is 0 Å². The van der Waals surface area contributed by atoms with E-state index in [1.807, 2.05) is 30.3 Å². The molecule has 4 nitrogen and oxygen atoms in total. The smallest absolute Gasteiger partial charge is 0.206 e. The van der Waals surface area contributed by atoms with E-state index >= 15 is 0 Å². The maximum atomic E-state index is 13.0. The lowest BCUT2D eigenvalue weighted by Crippen LogP contribution is -2.48. The zero-order valence-corrected chi connectivity index (χ0v) is 12.1. The van der Waals surface area contributed by atoms with Crippen LogP contribution in [0.5, 0.6) is 0 Å². The van der Waals surface area contributed by atoms with Crippen molar-refractivity contribution in [1.82, 2.24) is 0 Å². The van der Waals surface area contributed by atoms with Gasteiger partial charge in [0.15, 0.2) is 5.60 Å². The minimum Gasteiger partial charge on any atom is -0.489 e. The molecule has 3 aliphatic rings. The maximum absolute atomic E-state index is 13.0. The highest BCUT2D eigenvalue weighted by Crippen LogP contribution is 2.59. The van der Waals surface area contributed by atoms with Crippen LogP contribution in [-0.2, 0) is 9.47 Å². The molecule has 0 saturated carbocycles. The van der Waals surface area contributed by atoms with Crippen molar-refractivity contribution in [2.24, 2.45) is 0 Å². The van der Waals surface area contributed by atoms with E-state index in [9.17, 15) is 9.59 Å². The molecule has 0 bridgehead atoms. The van der Waals surface area contributed by atoms with Gasteiger partial charge in [-0.25, -0.2) is 0 Å². The quantitative estimate of drug-likeness (QED) is 0.760. The van der Waals surface area contributed by atoms with Gasteiger partial charge >= 0.3 is 0 Å². The highest BCUT2D eigenvalue weighted by molar-refractivity contribution is 6.26. The van der Waals surface area contributed by atoms with Crippen molar-refractivity contribution < 1.29 is 19.1 Å². The van der Waals surface area contributed by atoms with E-state index in [1.54, 1.807) is 30.3 Å². The first-order chi connectivity index (χ1) is 11.2. The lowest BCUT2D eigenvalue weighted by molar-refractivity contribution is 0.0764. The SMILES string of the molecule is O=C1c2ccccc2C(=O)[C@]23COC(c4ccccc4)=C[C@]12O3. The summed E-state index contributed by atoms with van der Waals surface area (Å²) in [5.41, 5.74) is -0.675. The highest BCUT2D eigenvalue weighted by atomic mass is 16.7. The summed E-state index contributed by atoms with van der Waals surface area (Å²) in [6, 6.07) is 16.4. The van der Waals surface area contributed by atoms with Gasteiger partial charge in [0.25, 0.3) is 0 Å². The number of carbonyl (C=O) groups excluding carboxylic acids is 2. The first-order valence-corrected chi connectivity index (χ1v) is 7.48. The second kappa shape index (κ2) is 3.97. The van der Waals surface area contributed by atoms with Gasteiger partial charge in [-0.1, -0.05) is 54.6 Å². The molecule has 4 heteroatoms. The van der Waals surface area contributed by atoms with Crippen LogP contribution < -0.4 is 0 Å². The van der Waals surface area contributed by atoms with Crippen molar-refractivity contribution in [2.75, 3.05) is 6.61 Å². The van der Waals surface area contributed by atoms with Crippen LogP contribution in [0.15, 0.2) is 60.7 Å². The van der Waals surface area contributed by atoms with Crippen molar-refractivity contribution in [3.8, 4) is 0 Å². The van der Waals surface area contributed by atoms with Crippen LogP contribution in [0.2, 0.25) is 0 Å². The molecule has 2 atom stereocenters. The van der Waals surface area contributed by atoms with E-state index in [1.165, 1.54) is 0 Å². The molecule has 1 aliphatic carbocycles. The number of Topliss-reactive ketones (excluding diaryl/α,β-unsaturated/α-hetero) is 2. The number of carbonyl (C=O) groups is 2. The van der Waals surface area contributed by atoms with Gasteiger partial charge in [0, 0.05) is 22.8 Å². The van der Waals surface area contributed by atoms with Gasteiger partial charge in [-0.3, -0.25) is 9.59 Å². The summed E-state index contributed by atoms with van der Waals surface area (Å²) in [5, 5.41) is 0. The van der Waals surface area contributed by atoms with E-state index < -0.39 is 11.2 Å². The molecule has 2 aromatic rings. The van der Waals surface area contributed by atoms with Crippen LogP contribution in [-0.4, -0.2) is 29.4 Å². The Morgan fingerprint density at radius 3 is 2.22 bits per heavy atom. The predicted octanol–water partition coefficient (Wildman–Crippen LogP) is 2.64. The molecule has 0 aromatic heterocycles.